The van der Waals surface area contributed by atoms with Crippen molar-refractivity contribution in [3.8, 4) is 11.5 Å². The first kappa shape index (κ1) is 16.6. The third kappa shape index (κ3) is 3.63. The molecule has 0 radical (unpaired) electrons. The van der Waals surface area contributed by atoms with Crippen LogP contribution in [-0.4, -0.2) is 23.3 Å². The second-order valence-corrected chi connectivity index (χ2v) is 6.75. The third-order valence-electron chi connectivity index (χ3n) is 3.22. The van der Waals surface area contributed by atoms with Crippen LogP contribution < -0.4 is 10.1 Å². The molecule has 7 heteroatoms. The number of nitrogens with one attached hydrogen (secondary N) is 1. The largest absolute Gasteiger partial charge is 0.504 e. The number of benzene rings is 2. The number of carbonyl (C=O) groups excluding carboxylic acids is 1. The number of phenolic OH excluding ortho intramolecular Hbond substituents is 1. The first-order chi connectivity index (χ1) is 11.6. The van der Waals surface area contributed by atoms with Gasteiger partial charge in [-0.15, -0.1) is 0 Å². The number of hydrogen-bond donors (Lipinski definition) is 2. The van der Waals surface area contributed by atoms with Gasteiger partial charge in [-0.25, -0.2) is 4.99 Å². The van der Waals surface area contributed by atoms with Gasteiger partial charge in [0.2, 0.25) is 0 Å². The van der Waals surface area contributed by atoms with Crippen LogP contribution in [0.15, 0.2) is 56.8 Å². The minimum Gasteiger partial charge on any atom is -0.504 e. The van der Waals surface area contributed by atoms with E-state index < -0.39 is 0 Å². The maximum atomic E-state index is 12.1. The Balaban J connectivity index is 1.89. The molecule has 0 saturated carbocycles. The minimum absolute atomic E-state index is 0.0291. The maximum absolute atomic E-state index is 12.1. The van der Waals surface area contributed by atoms with Crippen LogP contribution in [0.5, 0.6) is 11.5 Å². The Morgan fingerprint density at radius 3 is 2.75 bits per heavy atom. The molecule has 3 rings (SSSR count). The first-order valence-electron chi connectivity index (χ1n) is 6.98. The molecule has 5 nitrogen and oxygen atoms in total. The van der Waals surface area contributed by atoms with E-state index in [-0.39, 0.29) is 11.7 Å². The van der Waals surface area contributed by atoms with Crippen molar-refractivity contribution in [3.05, 3.63) is 57.4 Å². The summed E-state index contributed by atoms with van der Waals surface area (Å²) >= 11 is 4.64. The summed E-state index contributed by atoms with van der Waals surface area (Å²) in [6, 6.07) is 12.6. The molecule has 1 fully saturated rings. The molecule has 1 saturated heterocycles. The van der Waals surface area contributed by atoms with Crippen LogP contribution in [-0.2, 0) is 4.79 Å². The minimum atomic E-state index is -0.214. The number of phenols is 1. The summed E-state index contributed by atoms with van der Waals surface area (Å²) in [5, 5.41) is 13.0. The Hall–Kier alpha value is -2.25. The van der Waals surface area contributed by atoms with Gasteiger partial charge < -0.3 is 15.2 Å². The molecule has 1 amide bonds. The van der Waals surface area contributed by atoms with Crippen LogP contribution in [0.1, 0.15) is 5.56 Å². The standard InChI is InChI=1S/C17H13BrN2O3S/c1-23-14-7-10(12(18)9-13(14)21)8-15-16(22)20-17(24-15)19-11-5-3-2-4-6-11/h2-9,21H,1H3,(H,19,20,22). The van der Waals surface area contributed by atoms with Crippen LogP contribution in [0, 0.1) is 0 Å². The van der Waals surface area contributed by atoms with Gasteiger partial charge in [0.25, 0.3) is 5.91 Å². The highest BCUT2D eigenvalue weighted by Gasteiger charge is 2.24. The molecule has 0 bridgehead atoms. The normalized spacial score (nSPS) is 17.3. The molecule has 0 spiro atoms. The number of nitrogens with zero attached hydrogens (tertiary/aromatic N) is 1. The Labute approximate surface area is 151 Å². The molecule has 2 aromatic carbocycles. The fourth-order valence-corrected chi connectivity index (χ4v) is 3.35. The average molecular weight is 405 g/mol. The quantitative estimate of drug-likeness (QED) is 0.756. The number of halogens is 1. The van der Waals surface area contributed by atoms with E-state index in [1.165, 1.54) is 24.9 Å². The molecular weight excluding hydrogens is 392 g/mol. The second kappa shape index (κ2) is 7.11. The summed E-state index contributed by atoms with van der Waals surface area (Å²) in [7, 11) is 1.47. The van der Waals surface area contributed by atoms with Crippen LogP contribution in [0.4, 0.5) is 5.69 Å². The van der Waals surface area contributed by atoms with Gasteiger partial charge in [-0.1, -0.05) is 34.1 Å². The lowest BCUT2D eigenvalue weighted by molar-refractivity contribution is -0.115. The van der Waals surface area contributed by atoms with Crippen molar-refractivity contribution in [1.82, 2.24) is 5.32 Å². The topological polar surface area (TPSA) is 70.9 Å². The van der Waals surface area contributed by atoms with Gasteiger partial charge in [0, 0.05) is 4.47 Å². The van der Waals surface area contributed by atoms with Gasteiger partial charge in [0.05, 0.1) is 17.7 Å². The second-order valence-electron chi connectivity index (χ2n) is 4.86. The molecule has 0 aliphatic carbocycles. The van der Waals surface area contributed by atoms with Crippen LogP contribution >= 0.6 is 27.7 Å². The van der Waals surface area contributed by atoms with Gasteiger partial charge >= 0.3 is 0 Å². The van der Waals surface area contributed by atoms with E-state index in [1.54, 1.807) is 12.1 Å². The molecular formula is C17H13BrN2O3S. The number of aliphatic imine (C=N–C) groups is 1. The van der Waals surface area contributed by atoms with Crippen molar-refractivity contribution in [3.63, 3.8) is 0 Å². The highest BCUT2D eigenvalue weighted by molar-refractivity contribution is 9.10. The van der Waals surface area contributed by atoms with Crippen LogP contribution in [0.2, 0.25) is 0 Å². The summed E-state index contributed by atoms with van der Waals surface area (Å²) < 4.78 is 5.76. The molecule has 24 heavy (non-hydrogen) atoms. The maximum Gasteiger partial charge on any atom is 0.264 e. The van der Waals surface area contributed by atoms with Crippen molar-refractivity contribution in [2.24, 2.45) is 4.99 Å². The third-order valence-corrected chi connectivity index (χ3v) is 4.82. The molecule has 0 aromatic heterocycles. The number of amidine groups is 1. The van der Waals surface area contributed by atoms with E-state index in [9.17, 15) is 9.90 Å². The summed E-state index contributed by atoms with van der Waals surface area (Å²) in [4.78, 5) is 17.0. The lowest BCUT2D eigenvalue weighted by Gasteiger charge is -2.06. The summed E-state index contributed by atoms with van der Waals surface area (Å²) in [5.41, 5.74) is 1.50. The molecule has 1 aliphatic heterocycles. The lowest BCUT2D eigenvalue weighted by atomic mass is 10.2. The Bertz CT molecular complexity index is 850. The molecule has 2 N–H and O–H groups in total. The molecule has 1 heterocycles. The Morgan fingerprint density at radius 2 is 2.04 bits per heavy atom. The van der Waals surface area contributed by atoms with E-state index in [4.69, 9.17) is 4.74 Å². The molecule has 0 unspecified atom stereocenters. The number of ether oxygens (including phenoxy) is 1. The van der Waals surface area contributed by atoms with Gasteiger partial charge in [0.15, 0.2) is 16.7 Å². The average Bonchev–Trinajstić information content (AvgIpc) is 2.90. The Kier molecular flexibility index (Phi) is 4.92. The van der Waals surface area contributed by atoms with Gasteiger partial charge in [-0.2, -0.15) is 0 Å². The monoisotopic (exact) mass is 404 g/mol. The summed E-state index contributed by atoms with van der Waals surface area (Å²) in [6.45, 7) is 0. The number of hydrogen-bond acceptors (Lipinski definition) is 5. The van der Waals surface area contributed by atoms with E-state index >= 15 is 0 Å². The van der Waals surface area contributed by atoms with Crippen molar-refractivity contribution in [2.75, 3.05) is 7.11 Å². The van der Waals surface area contributed by atoms with Crippen molar-refractivity contribution in [2.45, 2.75) is 0 Å². The van der Waals surface area contributed by atoms with E-state index in [1.807, 2.05) is 30.3 Å². The number of aromatic hydroxyl groups is 1. The number of carbonyl (C=O) groups is 1. The predicted octanol–water partition coefficient (Wildman–Crippen LogP) is 4.05. The van der Waals surface area contributed by atoms with E-state index in [2.05, 4.69) is 26.2 Å². The number of thioether (sulfide) groups is 1. The van der Waals surface area contributed by atoms with Crippen molar-refractivity contribution >= 4 is 50.5 Å². The molecule has 0 atom stereocenters. The molecule has 2 aromatic rings. The van der Waals surface area contributed by atoms with Gasteiger partial charge in [-0.3, -0.25) is 4.79 Å². The predicted molar refractivity (Wildman–Crippen MR) is 99.6 cm³/mol. The van der Waals surface area contributed by atoms with E-state index in [0.717, 1.165) is 11.3 Å². The number of methoxy groups -OCH3 is 1. The van der Waals surface area contributed by atoms with Crippen molar-refractivity contribution < 1.29 is 14.6 Å². The summed E-state index contributed by atoms with van der Waals surface area (Å²) in [5.74, 6) is 0.154. The van der Waals surface area contributed by atoms with Crippen LogP contribution in [0.25, 0.3) is 6.08 Å². The number of rotatable bonds is 3. The fourth-order valence-electron chi connectivity index (χ4n) is 2.07. The van der Waals surface area contributed by atoms with E-state index in [0.29, 0.717) is 20.3 Å². The smallest absolute Gasteiger partial charge is 0.264 e. The molecule has 1 aliphatic rings. The van der Waals surface area contributed by atoms with Crippen LogP contribution in [0.3, 0.4) is 0 Å². The zero-order valence-electron chi connectivity index (χ0n) is 12.6. The van der Waals surface area contributed by atoms with Crippen molar-refractivity contribution in [1.29, 1.82) is 0 Å². The Morgan fingerprint density at radius 1 is 1.29 bits per heavy atom. The van der Waals surface area contributed by atoms with Gasteiger partial charge in [-0.05, 0) is 47.7 Å². The zero-order chi connectivity index (χ0) is 17.1. The van der Waals surface area contributed by atoms with Gasteiger partial charge in [0.1, 0.15) is 0 Å². The summed E-state index contributed by atoms with van der Waals surface area (Å²) in [6.07, 6.45) is 1.72. The first-order valence-corrected chi connectivity index (χ1v) is 8.59. The number of para-hydroxylation sites is 1. The highest BCUT2D eigenvalue weighted by Crippen LogP contribution is 2.35. The lowest BCUT2D eigenvalue weighted by Crippen LogP contribution is -2.19. The zero-order valence-corrected chi connectivity index (χ0v) is 15.0. The highest BCUT2D eigenvalue weighted by atomic mass is 79.9. The number of amides is 1. The molecule has 122 valence electrons. The SMILES string of the molecule is COc1cc(C=C2SC(=Nc3ccccc3)NC2=O)c(Br)cc1O. The fraction of sp³-hybridized carbons (Fsp3) is 0.0588.